The van der Waals surface area contributed by atoms with Gasteiger partial charge < -0.3 is 10.6 Å². The highest BCUT2D eigenvalue weighted by Gasteiger charge is 2.19. The molecule has 1 atom stereocenters. The first-order valence-corrected chi connectivity index (χ1v) is 11.1. The lowest BCUT2D eigenvalue weighted by Gasteiger charge is -2.20. The largest absolute Gasteiger partial charge is 0.384 e. The van der Waals surface area contributed by atoms with Crippen molar-refractivity contribution in [3.05, 3.63) is 102 Å². The normalized spacial score (nSPS) is 17.3. The molecule has 2 aliphatic rings. The summed E-state index contributed by atoms with van der Waals surface area (Å²) in [6, 6.07) is 21.6. The van der Waals surface area contributed by atoms with Crippen LogP contribution in [0.5, 0.6) is 0 Å². The van der Waals surface area contributed by atoms with Crippen molar-refractivity contribution in [2.75, 3.05) is 5.32 Å². The van der Waals surface area contributed by atoms with Gasteiger partial charge in [-0.2, -0.15) is 0 Å². The van der Waals surface area contributed by atoms with Crippen LogP contribution in [0.15, 0.2) is 96.4 Å². The van der Waals surface area contributed by atoms with E-state index in [9.17, 15) is 0 Å². The van der Waals surface area contributed by atoms with Crippen LogP contribution in [0.25, 0.3) is 22.4 Å². The van der Waals surface area contributed by atoms with E-state index in [1.54, 1.807) is 0 Å². The van der Waals surface area contributed by atoms with E-state index >= 15 is 0 Å². The molecule has 32 heavy (non-hydrogen) atoms. The lowest BCUT2D eigenvalue weighted by Crippen LogP contribution is -2.23. The summed E-state index contributed by atoms with van der Waals surface area (Å²) in [4.78, 5) is 0. The second-order valence-electron chi connectivity index (χ2n) is 9.40. The molecule has 1 aromatic heterocycles. The van der Waals surface area contributed by atoms with E-state index in [4.69, 9.17) is 0 Å². The fourth-order valence-corrected chi connectivity index (χ4v) is 4.18. The van der Waals surface area contributed by atoms with Crippen LogP contribution in [0.2, 0.25) is 0 Å². The fourth-order valence-electron chi connectivity index (χ4n) is 4.18. The molecule has 0 saturated carbocycles. The van der Waals surface area contributed by atoms with Gasteiger partial charge in [0.25, 0.3) is 0 Å². The lowest BCUT2D eigenvalue weighted by molar-refractivity contribution is 0.590. The Hall–Kier alpha value is -3.66. The number of fused-ring (bicyclic) bond motifs is 1. The smallest absolute Gasteiger partial charge is 0.153 e. The number of nitrogens with zero attached hydrogens (tertiary/aromatic N) is 2. The minimum atomic E-state index is 0.117. The molecule has 160 valence electrons. The summed E-state index contributed by atoms with van der Waals surface area (Å²) >= 11 is 0. The highest BCUT2D eigenvalue weighted by atomic mass is 15.2. The molecule has 0 fully saturated rings. The summed E-state index contributed by atoms with van der Waals surface area (Å²) in [6.45, 7) is 6.71. The Morgan fingerprint density at radius 1 is 0.938 bits per heavy atom. The molecule has 0 bridgehead atoms. The lowest BCUT2D eigenvalue weighted by atomic mass is 9.86. The van der Waals surface area contributed by atoms with Crippen LogP contribution in [0.1, 0.15) is 32.8 Å². The van der Waals surface area contributed by atoms with E-state index in [1.165, 1.54) is 11.1 Å². The molecule has 2 heterocycles. The van der Waals surface area contributed by atoms with Gasteiger partial charge in [0.15, 0.2) is 5.82 Å². The Bertz CT molecular complexity index is 1210. The number of allylic oxidation sites excluding steroid dienone is 1. The van der Waals surface area contributed by atoms with Crippen molar-refractivity contribution in [3.8, 4) is 22.4 Å². The molecular formula is C28H28N4. The van der Waals surface area contributed by atoms with Crippen molar-refractivity contribution in [2.45, 2.75) is 38.6 Å². The predicted octanol–water partition coefficient (Wildman–Crippen LogP) is 6.22. The number of anilines is 1. The Morgan fingerprint density at radius 3 is 2.47 bits per heavy atom. The molecule has 1 unspecified atom stereocenters. The van der Waals surface area contributed by atoms with E-state index in [1.807, 2.05) is 24.4 Å². The van der Waals surface area contributed by atoms with Crippen LogP contribution >= 0.6 is 0 Å². The first-order valence-electron chi connectivity index (χ1n) is 11.1. The Balaban J connectivity index is 1.52. The quantitative estimate of drug-likeness (QED) is 0.526. The second-order valence-corrected chi connectivity index (χ2v) is 9.40. The number of benzene rings is 2. The van der Waals surface area contributed by atoms with Gasteiger partial charge in [-0.3, -0.25) is 0 Å². The van der Waals surface area contributed by atoms with Crippen molar-refractivity contribution in [1.82, 2.24) is 15.5 Å². The van der Waals surface area contributed by atoms with Gasteiger partial charge in [-0.25, -0.2) is 0 Å². The first kappa shape index (κ1) is 20.3. The SMILES string of the molecule is CC(C)(C)c1ccc(-c2cc(NC3=CCC4NC=CC4=C3)nnc2-c2ccccc2)cc1. The molecule has 3 aromatic rings. The standard InChI is InChI=1S/C28H28N4/c1-28(2,3)22-11-9-19(10-12-22)24-18-26(31-32-27(24)20-7-5-4-6-8-20)30-23-13-14-25-21(17-23)15-16-29-25/h4-13,15-18,25,29H,14H2,1-3H3,(H,30,31). The Morgan fingerprint density at radius 2 is 1.72 bits per heavy atom. The molecule has 1 aliphatic carbocycles. The van der Waals surface area contributed by atoms with Gasteiger partial charge in [-0.15, -0.1) is 10.2 Å². The molecule has 0 spiro atoms. The van der Waals surface area contributed by atoms with Gasteiger partial charge in [0.1, 0.15) is 5.69 Å². The van der Waals surface area contributed by atoms with Gasteiger partial charge in [0.2, 0.25) is 0 Å². The maximum atomic E-state index is 4.64. The van der Waals surface area contributed by atoms with Gasteiger partial charge in [0, 0.05) is 16.8 Å². The molecule has 5 rings (SSSR count). The monoisotopic (exact) mass is 420 g/mol. The van der Waals surface area contributed by atoms with Crippen LogP contribution in [-0.4, -0.2) is 16.2 Å². The number of nitrogens with one attached hydrogen (secondary N) is 2. The summed E-state index contributed by atoms with van der Waals surface area (Å²) in [7, 11) is 0. The van der Waals surface area contributed by atoms with Crippen molar-refractivity contribution >= 4 is 5.82 Å². The number of hydrogen-bond donors (Lipinski definition) is 2. The summed E-state index contributed by atoms with van der Waals surface area (Å²) < 4.78 is 0. The van der Waals surface area contributed by atoms with E-state index in [-0.39, 0.29) is 5.41 Å². The van der Waals surface area contributed by atoms with E-state index < -0.39 is 0 Å². The molecule has 0 saturated heterocycles. The minimum absolute atomic E-state index is 0.117. The summed E-state index contributed by atoms with van der Waals surface area (Å²) in [5.41, 5.74) is 7.93. The van der Waals surface area contributed by atoms with E-state index in [0.29, 0.717) is 6.04 Å². The van der Waals surface area contributed by atoms with Crippen LogP contribution in [-0.2, 0) is 5.41 Å². The Kier molecular flexibility index (Phi) is 5.14. The summed E-state index contributed by atoms with van der Waals surface area (Å²) in [6.07, 6.45) is 9.48. The first-order chi connectivity index (χ1) is 15.5. The van der Waals surface area contributed by atoms with Crippen molar-refractivity contribution in [1.29, 1.82) is 0 Å². The highest BCUT2D eigenvalue weighted by Crippen LogP contribution is 2.34. The second kappa shape index (κ2) is 8.12. The Labute approximate surface area is 189 Å². The highest BCUT2D eigenvalue weighted by molar-refractivity contribution is 5.82. The molecule has 2 N–H and O–H groups in total. The zero-order valence-corrected chi connectivity index (χ0v) is 18.8. The van der Waals surface area contributed by atoms with Gasteiger partial charge >= 0.3 is 0 Å². The maximum Gasteiger partial charge on any atom is 0.153 e. The molecule has 4 nitrogen and oxygen atoms in total. The average Bonchev–Trinajstić information content (AvgIpc) is 3.27. The van der Waals surface area contributed by atoms with Gasteiger partial charge in [-0.05, 0) is 53.0 Å². The number of rotatable bonds is 4. The zero-order chi connectivity index (χ0) is 22.1. The minimum Gasteiger partial charge on any atom is -0.384 e. The summed E-state index contributed by atoms with van der Waals surface area (Å²) in [5, 5.41) is 16.0. The average molecular weight is 421 g/mol. The van der Waals surface area contributed by atoms with Crippen molar-refractivity contribution < 1.29 is 0 Å². The number of aromatic nitrogens is 2. The molecular weight excluding hydrogens is 392 g/mol. The van der Waals surface area contributed by atoms with Crippen LogP contribution < -0.4 is 10.6 Å². The maximum absolute atomic E-state index is 4.64. The molecule has 0 radical (unpaired) electrons. The topological polar surface area (TPSA) is 49.8 Å². The summed E-state index contributed by atoms with van der Waals surface area (Å²) in [5.74, 6) is 0.746. The fraction of sp³-hybridized carbons (Fsp3) is 0.214. The third-order valence-electron chi connectivity index (χ3n) is 6.05. The van der Waals surface area contributed by atoms with Gasteiger partial charge in [-0.1, -0.05) is 81.4 Å². The van der Waals surface area contributed by atoms with Crippen molar-refractivity contribution in [3.63, 3.8) is 0 Å². The third kappa shape index (κ3) is 4.09. The van der Waals surface area contributed by atoms with Gasteiger partial charge in [0.05, 0.1) is 6.04 Å². The molecule has 4 heteroatoms. The third-order valence-corrected chi connectivity index (χ3v) is 6.05. The van der Waals surface area contributed by atoms with E-state index in [0.717, 1.165) is 40.3 Å². The molecule has 1 aliphatic heterocycles. The zero-order valence-electron chi connectivity index (χ0n) is 18.8. The van der Waals surface area contributed by atoms with E-state index in [2.05, 4.69) is 102 Å². The van der Waals surface area contributed by atoms with Crippen LogP contribution in [0, 0.1) is 0 Å². The predicted molar refractivity (Wildman–Crippen MR) is 132 cm³/mol. The van der Waals surface area contributed by atoms with Crippen LogP contribution in [0.3, 0.4) is 0 Å². The molecule has 0 amide bonds. The number of hydrogen-bond acceptors (Lipinski definition) is 4. The molecule has 2 aromatic carbocycles. The van der Waals surface area contributed by atoms with Crippen molar-refractivity contribution in [2.24, 2.45) is 0 Å². The van der Waals surface area contributed by atoms with Crippen LogP contribution in [0.4, 0.5) is 5.82 Å².